The Bertz CT molecular complexity index is 690. The highest BCUT2D eigenvalue weighted by Crippen LogP contribution is 2.46. The van der Waals surface area contributed by atoms with Crippen molar-refractivity contribution in [2.24, 2.45) is 0 Å². The van der Waals surface area contributed by atoms with Crippen LogP contribution in [0.2, 0.25) is 0 Å². The lowest BCUT2D eigenvalue weighted by Gasteiger charge is -2.07. The van der Waals surface area contributed by atoms with E-state index in [4.69, 9.17) is 0 Å². The topological polar surface area (TPSA) is 167 Å². The Balaban J connectivity index is 2.92. The molecule has 0 unspecified atom stereocenters. The molecular formula is C10H2N2O8S2-2. The van der Waals surface area contributed by atoms with E-state index in [-0.39, 0.29) is 0 Å². The maximum absolute atomic E-state index is 11.1. The number of carbonyl (C=O) groups excluding carboxylic acids is 2. The average molecular weight is 342 g/mol. The van der Waals surface area contributed by atoms with Gasteiger partial charge in [-0.25, -0.2) is 0 Å². The van der Waals surface area contributed by atoms with Gasteiger partial charge in [0, 0.05) is 21.9 Å². The Kier molecular flexibility index (Phi) is 3.88. The minimum absolute atomic E-state index is 0.400. The van der Waals surface area contributed by atoms with Crippen LogP contribution in [0.1, 0.15) is 20.7 Å². The quantitative estimate of drug-likeness (QED) is 0.541. The lowest BCUT2D eigenvalue weighted by Crippen LogP contribution is -2.24. The van der Waals surface area contributed by atoms with Gasteiger partial charge in [0.05, 0.1) is 32.9 Å². The molecule has 22 heavy (non-hydrogen) atoms. The summed E-state index contributed by atoms with van der Waals surface area (Å²) in [4.78, 5) is 42.2. The third-order valence-electron chi connectivity index (χ3n) is 2.56. The molecule has 0 aromatic carbocycles. The number of carboxylic acids is 2. The molecule has 2 aromatic rings. The standard InChI is InChI=1S/C10H4N2O8S2/c13-9(14)3-1-21-7(11(17)18)5(3)6-4(10(15)16)2-22-8(6)12(19)20/h1-2H,(H,13,14)(H,15,16)/p-2. The van der Waals surface area contributed by atoms with Gasteiger partial charge in [0.2, 0.25) is 0 Å². The number of nitrogens with zero attached hydrogens (tertiary/aromatic N) is 2. The van der Waals surface area contributed by atoms with E-state index in [0.717, 1.165) is 10.8 Å². The summed E-state index contributed by atoms with van der Waals surface area (Å²) in [6, 6.07) is 0. The van der Waals surface area contributed by atoms with Crippen molar-refractivity contribution in [3.8, 4) is 11.1 Å². The summed E-state index contributed by atoms with van der Waals surface area (Å²) in [6.07, 6.45) is 0. The van der Waals surface area contributed by atoms with E-state index in [2.05, 4.69) is 0 Å². The molecule has 0 amide bonds. The minimum Gasteiger partial charge on any atom is -0.545 e. The SMILES string of the molecule is O=C([O-])c1csc([N+](=O)[O-])c1-c1c(C(=O)[O-])csc1[N+](=O)[O-]. The fraction of sp³-hybridized carbons (Fsp3) is 0. The van der Waals surface area contributed by atoms with Crippen LogP contribution >= 0.6 is 22.7 Å². The van der Waals surface area contributed by atoms with Gasteiger partial charge < -0.3 is 19.8 Å². The number of thiophene rings is 2. The van der Waals surface area contributed by atoms with Crippen molar-refractivity contribution >= 4 is 44.6 Å². The molecule has 2 rings (SSSR count). The molecule has 0 aliphatic rings. The van der Waals surface area contributed by atoms with Gasteiger partial charge in [-0.1, -0.05) is 22.7 Å². The molecule has 0 aliphatic heterocycles. The van der Waals surface area contributed by atoms with Crippen molar-refractivity contribution in [1.82, 2.24) is 0 Å². The van der Waals surface area contributed by atoms with Crippen LogP contribution in [-0.4, -0.2) is 21.8 Å². The van der Waals surface area contributed by atoms with Crippen molar-refractivity contribution in [1.29, 1.82) is 0 Å². The number of rotatable bonds is 5. The summed E-state index contributed by atoms with van der Waals surface area (Å²) in [5.41, 5.74) is -2.72. The summed E-state index contributed by atoms with van der Waals surface area (Å²) in [5, 5.41) is 44.4. The van der Waals surface area contributed by atoms with Crippen molar-refractivity contribution < 1.29 is 29.6 Å². The van der Waals surface area contributed by atoms with Gasteiger partial charge in [0.25, 0.3) is 0 Å². The molecule has 0 atom stereocenters. The molecule has 0 aliphatic carbocycles. The van der Waals surface area contributed by atoms with Crippen molar-refractivity contribution in [2.45, 2.75) is 0 Å². The van der Waals surface area contributed by atoms with Crippen LogP contribution < -0.4 is 10.2 Å². The number of carbonyl (C=O) groups is 2. The van der Waals surface area contributed by atoms with E-state index in [1.165, 1.54) is 0 Å². The Hall–Kier alpha value is -2.86. The molecule has 0 fully saturated rings. The number of hydrogen-bond acceptors (Lipinski definition) is 10. The summed E-state index contributed by atoms with van der Waals surface area (Å²) in [6.45, 7) is 0. The zero-order valence-electron chi connectivity index (χ0n) is 10.1. The Morgan fingerprint density at radius 1 is 0.818 bits per heavy atom. The summed E-state index contributed by atoms with van der Waals surface area (Å²) in [7, 11) is 0. The smallest absolute Gasteiger partial charge is 0.332 e. The second-order valence-corrected chi connectivity index (χ2v) is 5.46. The third kappa shape index (κ3) is 2.40. The molecule has 114 valence electrons. The Morgan fingerprint density at radius 2 is 1.14 bits per heavy atom. The monoisotopic (exact) mass is 342 g/mol. The largest absolute Gasteiger partial charge is 0.545 e. The van der Waals surface area contributed by atoms with Crippen molar-refractivity contribution in [3.05, 3.63) is 42.1 Å². The summed E-state index contributed by atoms with van der Waals surface area (Å²) >= 11 is 0.801. The molecule has 0 saturated carbocycles. The first-order chi connectivity index (χ1) is 10.3. The van der Waals surface area contributed by atoms with Crippen LogP contribution in [0.25, 0.3) is 11.1 Å². The van der Waals surface area contributed by atoms with E-state index >= 15 is 0 Å². The molecule has 0 spiro atoms. The molecule has 2 aromatic heterocycles. The number of aromatic carboxylic acids is 2. The van der Waals surface area contributed by atoms with Gasteiger partial charge in [-0.3, -0.25) is 20.2 Å². The van der Waals surface area contributed by atoms with E-state index < -0.39 is 54.0 Å². The Morgan fingerprint density at radius 3 is 1.36 bits per heavy atom. The molecule has 10 nitrogen and oxygen atoms in total. The van der Waals surface area contributed by atoms with Gasteiger partial charge >= 0.3 is 10.0 Å². The van der Waals surface area contributed by atoms with E-state index in [9.17, 15) is 40.0 Å². The molecule has 12 heteroatoms. The lowest BCUT2D eigenvalue weighted by molar-refractivity contribution is -0.381. The average Bonchev–Trinajstić information content (AvgIpc) is 3.01. The molecule has 2 heterocycles. The molecular weight excluding hydrogens is 340 g/mol. The highest BCUT2D eigenvalue weighted by atomic mass is 32.1. The summed E-state index contributed by atoms with van der Waals surface area (Å²) in [5.74, 6) is -3.63. The molecule has 0 N–H and O–H groups in total. The normalized spacial score (nSPS) is 10.4. The van der Waals surface area contributed by atoms with Crippen LogP contribution in [-0.2, 0) is 0 Å². The highest BCUT2D eigenvalue weighted by Gasteiger charge is 2.33. The first-order valence-electron chi connectivity index (χ1n) is 5.20. The van der Waals surface area contributed by atoms with Crippen molar-refractivity contribution in [2.75, 3.05) is 0 Å². The van der Waals surface area contributed by atoms with Crippen LogP contribution in [0.4, 0.5) is 10.0 Å². The second-order valence-electron chi connectivity index (χ2n) is 3.75. The molecule has 0 bridgehead atoms. The zero-order chi connectivity index (χ0) is 16.6. The van der Waals surface area contributed by atoms with Crippen LogP contribution in [0, 0.1) is 20.2 Å². The van der Waals surface area contributed by atoms with Gasteiger partial charge in [0.15, 0.2) is 0 Å². The van der Waals surface area contributed by atoms with E-state index in [1.807, 2.05) is 0 Å². The third-order valence-corrected chi connectivity index (χ3v) is 4.42. The number of carboxylic acid groups (broad SMARTS) is 2. The van der Waals surface area contributed by atoms with Crippen LogP contribution in [0.3, 0.4) is 0 Å². The predicted molar refractivity (Wildman–Crippen MR) is 69.6 cm³/mol. The fourth-order valence-corrected chi connectivity index (χ4v) is 3.47. The van der Waals surface area contributed by atoms with Gasteiger partial charge in [-0.15, -0.1) is 0 Å². The van der Waals surface area contributed by atoms with Crippen LogP contribution in [0.15, 0.2) is 10.8 Å². The van der Waals surface area contributed by atoms with Gasteiger partial charge in [-0.05, 0) is 0 Å². The van der Waals surface area contributed by atoms with E-state index in [0.29, 0.717) is 22.7 Å². The second kappa shape index (κ2) is 5.50. The van der Waals surface area contributed by atoms with Crippen molar-refractivity contribution in [3.63, 3.8) is 0 Å². The van der Waals surface area contributed by atoms with Gasteiger partial charge in [0.1, 0.15) is 0 Å². The highest BCUT2D eigenvalue weighted by molar-refractivity contribution is 7.15. The number of hydrogen-bond donors (Lipinski definition) is 0. The van der Waals surface area contributed by atoms with Crippen LogP contribution in [0.5, 0.6) is 0 Å². The summed E-state index contributed by atoms with van der Waals surface area (Å²) < 4.78 is 0. The Labute approximate surface area is 128 Å². The predicted octanol–water partition coefficient (Wildman–Crippen LogP) is 0.0200. The minimum atomic E-state index is -1.82. The fourth-order valence-electron chi connectivity index (χ4n) is 1.75. The lowest BCUT2D eigenvalue weighted by atomic mass is 10.0. The molecule has 0 radical (unpaired) electrons. The first-order valence-corrected chi connectivity index (χ1v) is 6.96. The maximum Gasteiger partial charge on any atom is 0.332 e. The van der Waals surface area contributed by atoms with Gasteiger partial charge in [-0.2, -0.15) is 0 Å². The van der Waals surface area contributed by atoms with E-state index in [1.54, 1.807) is 0 Å². The first kappa shape index (κ1) is 15.5. The molecule has 0 saturated heterocycles. The zero-order valence-corrected chi connectivity index (χ0v) is 11.8. The maximum atomic E-state index is 11.1. The number of nitro groups is 2.